The number of anilines is 1. The lowest BCUT2D eigenvalue weighted by Gasteiger charge is -2.33. The number of carboxylic acids is 1. The second kappa shape index (κ2) is 9.70. The summed E-state index contributed by atoms with van der Waals surface area (Å²) in [6, 6.07) is 1.84. The Hall–Kier alpha value is -1.66. The molecule has 0 aliphatic carbocycles. The van der Waals surface area contributed by atoms with Gasteiger partial charge in [-0.2, -0.15) is 0 Å². The number of piperidine rings is 1. The molecule has 0 amide bonds. The van der Waals surface area contributed by atoms with E-state index in [1.165, 1.54) is 32.2 Å². The van der Waals surface area contributed by atoms with Gasteiger partial charge in [0.2, 0.25) is 6.10 Å². The van der Waals surface area contributed by atoms with Gasteiger partial charge in [0.25, 0.3) is 0 Å². The molecule has 0 aromatic heterocycles. The predicted molar refractivity (Wildman–Crippen MR) is 110 cm³/mol. The third kappa shape index (κ3) is 5.03. The number of fused-ring (bicyclic) bond motifs is 1. The molecule has 6 nitrogen and oxygen atoms in total. The number of benzene rings is 1. The Morgan fingerprint density at radius 1 is 1.29 bits per heavy atom. The van der Waals surface area contributed by atoms with Gasteiger partial charge in [0, 0.05) is 0 Å². The van der Waals surface area contributed by atoms with Gasteiger partial charge in [-0.05, 0) is 62.9 Å². The summed E-state index contributed by atoms with van der Waals surface area (Å²) in [5.41, 5.74) is 7.22. The van der Waals surface area contributed by atoms with Gasteiger partial charge < -0.3 is 25.2 Å². The van der Waals surface area contributed by atoms with E-state index < -0.39 is 12.1 Å². The van der Waals surface area contributed by atoms with Crippen molar-refractivity contribution in [2.24, 2.45) is 5.92 Å². The summed E-state index contributed by atoms with van der Waals surface area (Å²) >= 11 is 6.29. The number of ether oxygens (including phenoxy) is 2. The number of carboxylic acid groups (broad SMARTS) is 1. The van der Waals surface area contributed by atoms with E-state index in [9.17, 15) is 9.90 Å². The molecule has 0 saturated carbocycles. The fourth-order valence-corrected chi connectivity index (χ4v) is 4.26. The molecule has 2 aliphatic rings. The highest BCUT2D eigenvalue weighted by molar-refractivity contribution is 6.33. The third-order valence-corrected chi connectivity index (χ3v) is 6.07. The molecule has 3 N–H and O–H groups in total. The zero-order chi connectivity index (χ0) is 20.1. The standard InChI is InChI=1S/C21H31ClN2O4/c1-2-3-4-5-8-24-9-6-14(7-10-24)11-15-12-16(22)18(23)20-19(15)27-13-17(28-20)21(25)26/h12,14,17H,2-11,13,23H2,1H3,(H,25,26). The maximum absolute atomic E-state index is 11.2. The van der Waals surface area contributed by atoms with E-state index in [1.54, 1.807) is 0 Å². The van der Waals surface area contributed by atoms with Gasteiger partial charge in [0.1, 0.15) is 6.61 Å². The van der Waals surface area contributed by atoms with Crippen molar-refractivity contribution in [2.45, 2.75) is 58.0 Å². The van der Waals surface area contributed by atoms with Crippen LogP contribution in [-0.2, 0) is 11.2 Å². The molecule has 1 unspecified atom stereocenters. The lowest BCUT2D eigenvalue weighted by molar-refractivity contribution is -0.147. The highest BCUT2D eigenvalue weighted by Gasteiger charge is 2.32. The quantitative estimate of drug-likeness (QED) is 0.498. The number of nitrogens with zero attached hydrogens (tertiary/aromatic N) is 1. The first-order valence-corrected chi connectivity index (χ1v) is 10.7. The zero-order valence-electron chi connectivity index (χ0n) is 16.6. The number of nitrogen functional groups attached to an aromatic ring is 1. The Bertz CT molecular complexity index is 689. The Balaban J connectivity index is 1.61. The summed E-state index contributed by atoms with van der Waals surface area (Å²) in [5, 5.41) is 9.57. The minimum absolute atomic E-state index is 0.0212. The van der Waals surface area contributed by atoms with E-state index in [-0.39, 0.29) is 18.0 Å². The Labute approximate surface area is 171 Å². The van der Waals surface area contributed by atoms with Crippen molar-refractivity contribution >= 4 is 23.3 Å². The molecule has 1 aromatic carbocycles. The molecule has 0 radical (unpaired) electrons. The monoisotopic (exact) mass is 410 g/mol. The van der Waals surface area contributed by atoms with Crippen LogP contribution in [0, 0.1) is 5.92 Å². The molecule has 1 saturated heterocycles. The highest BCUT2D eigenvalue weighted by Crippen LogP contribution is 2.45. The molecule has 1 fully saturated rings. The third-order valence-electron chi connectivity index (χ3n) is 5.76. The lowest BCUT2D eigenvalue weighted by atomic mass is 9.89. The summed E-state index contributed by atoms with van der Waals surface area (Å²) in [6.45, 7) is 5.67. The zero-order valence-corrected chi connectivity index (χ0v) is 17.3. The number of aliphatic carboxylic acids is 1. The number of hydrogen-bond acceptors (Lipinski definition) is 5. The number of rotatable bonds is 8. The molecule has 0 bridgehead atoms. The maximum atomic E-state index is 11.2. The van der Waals surface area contributed by atoms with Crippen LogP contribution < -0.4 is 15.2 Å². The highest BCUT2D eigenvalue weighted by atomic mass is 35.5. The van der Waals surface area contributed by atoms with Crippen molar-refractivity contribution in [3.8, 4) is 11.5 Å². The minimum Gasteiger partial charge on any atom is -0.485 e. The first kappa shape index (κ1) is 21.1. The van der Waals surface area contributed by atoms with Crippen LogP contribution in [0.25, 0.3) is 0 Å². The van der Waals surface area contributed by atoms with Crippen molar-refractivity contribution in [1.29, 1.82) is 0 Å². The van der Waals surface area contributed by atoms with Crippen LogP contribution in [0.2, 0.25) is 5.02 Å². The van der Waals surface area contributed by atoms with Crippen molar-refractivity contribution in [1.82, 2.24) is 4.90 Å². The van der Waals surface area contributed by atoms with Crippen LogP contribution in [0.1, 0.15) is 51.0 Å². The molecule has 2 heterocycles. The average molecular weight is 411 g/mol. The van der Waals surface area contributed by atoms with Crippen LogP contribution in [0.4, 0.5) is 5.69 Å². The van der Waals surface area contributed by atoms with Crippen molar-refractivity contribution in [2.75, 3.05) is 32.0 Å². The lowest BCUT2D eigenvalue weighted by Crippen LogP contribution is -2.37. The first-order chi connectivity index (χ1) is 13.5. The number of hydrogen-bond donors (Lipinski definition) is 2. The fraction of sp³-hybridized carbons (Fsp3) is 0.667. The largest absolute Gasteiger partial charge is 0.485 e. The van der Waals surface area contributed by atoms with Crippen LogP contribution in [0.3, 0.4) is 0 Å². The van der Waals surface area contributed by atoms with Crippen LogP contribution in [0.5, 0.6) is 11.5 Å². The molecule has 3 rings (SSSR count). The summed E-state index contributed by atoms with van der Waals surface area (Å²) in [4.78, 5) is 13.8. The van der Waals surface area contributed by atoms with Crippen LogP contribution in [0.15, 0.2) is 6.07 Å². The van der Waals surface area contributed by atoms with E-state index >= 15 is 0 Å². The predicted octanol–water partition coefficient (Wildman–Crippen LogP) is 3.98. The van der Waals surface area contributed by atoms with E-state index in [1.807, 2.05) is 6.07 Å². The number of unbranched alkanes of at least 4 members (excludes halogenated alkanes) is 3. The van der Waals surface area contributed by atoms with E-state index in [4.69, 9.17) is 26.8 Å². The molecule has 28 heavy (non-hydrogen) atoms. The Morgan fingerprint density at radius 2 is 2.04 bits per heavy atom. The van der Waals surface area contributed by atoms with E-state index in [0.717, 1.165) is 37.9 Å². The Kier molecular flexibility index (Phi) is 7.30. The molecule has 1 atom stereocenters. The van der Waals surface area contributed by atoms with Crippen LogP contribution in [-0.4, -0.2) is 48.3 Å². The molecule has 0 spiro atoms. The van der Waals surface area contributed by atoms with Crippen molar-refractivity contribution < 1.29 is 19.4 Å². The molecular formula is C21H31ClN2O4. The van der Waals surface area contributed by atoms with Crippen molar-refractivity contribution in [3.05, 3.63) is 16.7 Å². The van der Waals surface area contributed by atoms with Gasteiger partial charge in [-0.25, -0.2) is 4.79 Å². The van der Waals surface area contributed by atoms with Gasteiger partial charge in [-0.1, -0.05) is 37.8 Å². The smallest absolute Gasteiger partial charge is 0.348 e. The summed E-state index contributed by atoms with van der Waals surface area (Å²) in [5.74, 6) is 0.310. The Morgan fingerprint density at radius 3 is 2.71 bits per heavy atom. The van der Waals surface area contributed by atoms with Gasteiger partial charge in [-0.15, -0.1) is 0 Å². The molecule has 1 aromatic rings. The number of halogens is 1. The van der Waals surface area contributed by atoms with Gasteiger partial charge in [0.15, 0.2) is 11.5 Å². The van der Waals surface area contributed by atoms with Gasteiger partial charge in [0.05, 0.1) is 10.7 Å². The summed E-state index contributed by atoms with van der Waals surface area (Å²) < 4.78 is 11.3. The molecule has 2 aliphatic heterocycles. The molecule has 7 heteroatoms. The maximum Gasteiger partial charge on any atom is 0.348 e. The minimum atomic E-state index is -1.07. The number of nitrogens with two attached hydrogens (primary N) is 1. The summed E-state index contributed by atoms with van der Waals surface area (Å²) in [7, 11) is 0. The van der Waals surface area contributed by atoms with Crippen molar-refractivity contribution in [3.63, 3.8) is 0 Å². The molecule has 156 valence electrons. The molecular weight excluding hydrogens is 380 g/mol. The average Bonchev–Trinajstić information content (AvgIpc) is 2.70. The van der Waals surface area contributed by atoms with Crippen LogP contribution >= 0.6 is 11.6 Å². The second-order valence-electron chi connectivity index (χ2n) is 7.89. The summed E-state index contributed by atoms with van der Waals surface area (Å²) in [6.07, 6.45) is 7.27. The van der Waals surface area contributed by atoms with E-state index in [2.05, 4.69) is 11.8 Å². The number of likely N-dealkylation sites (tertiary alicyclic amines) is 1. The second-order valence-corrected chi connectivity index (χ2v) is 8.30. The topological polar surface area (TPSA) is 85.0 Å². The fourth-order valence-electron chi connectivity index (χ4n) is 4.04. The van der Waals surface area contributed by atoms with Gasteiger partial charge in [-0.3, -0.25) is 0 Å². The number of carbonyl (C=O) groups is 1. The first-order valence-electron chi connectivity index (χ1n) is 10.3. The van der Waals surface area contributed by atoms with Gasteiger partial charge >= 0.3 is 5.97 Å². The SMILES string of the molecule is CCCCCCN1CCC(Cc2cc(Cl)c(N)c3c2OCC(C(=O)O)O3)CC1. The van der Waals surface area contributed by atoms with E-state index in [0.29, 0.717) is 16.7 Å². The normalized spacial score (nSPS) is 20.3.